The van der Waals surface area contributed by atoms with Gasteiger partial charge < -0.3 is 5.32 Å². The van der Waals surface area contributed by atoms with Crippen LogP contribution in [0.4, 0.5) is 32.0 Å². The molecule has 0 saturated heterocycles. The van der Waals surface area contributed by atoms with E-state index in [2.05, 4.69) is 5.32 Å². The molecule has 1 N–H and O–H groups in total. The number of hydrogen-bond donors (Lipinski definition) is 1. The van der Waals surface area contributed by atoms with Gasteiger partial charge in [-0.05, 0) is 24.6 Å². The average Bonchev–Trinajstić information content (AvgIpc) is 2.44. The molecule has 0 unspecified atom stereocenters. The van der Waals surface area contributed by atoms with Crippen LogP contribution in [0.25, 0.3) is 0 Å². The van der Waals surface area contributed by atoms with Gasteiger partial charge in [-0.15, -0.1) is 0 Å². The number of alkyl halides is 6. The predicted octanol–water partition coefficient (Wildman–Crippen LogP) is 2.86. The minimum absolute atomic E-state index is 0.313. The Kier molecular flexibility index (Phi) is 6.05. The van der Waals surface area contributed by atoms with E-state index < -0.39 is 41.7 Å². The second kappa shape index (κ2) is 7.02. The van der Waals surface area contributed by atoms with Crippen molar-refractivity contribution < 1.29 is 43.2 Å². The maximum Gasteiger partial charge on any atom is 0.498 e. The van der Waals surface area contributed by atoms with Crippen LogP contribution >= 0.6 is 0 Å². The van der Waals surface area contributed by atoms with Gasteiger partial charge in [0.25, 0.3) is 19.7 Å². The highest BCUT2D eigenvalue weighted by Crippen LogP contribution is 2.37. The van der Waals surface area contributed by atoms with Crippen molar-refractivity contribution in [1.29, 1.82) is 0 Å². The zero-order valence-corrected chi connectivity index (χ0v) is 14.2. The van der Waals surface area contributed by atoms with Crippen molar-refractivity contribution in [1.82, 2.24) is 0 Å². The summed E-state index contributed by atoms with van der Waals surface area (Å²) in [7, 11) is -13.2. The van der Waals surface area contributed by atoms with Crippen LogP contribution in [-0.4, -0.2) is 39.0 Å². The van der Waals surface area contributed by atoms with E-state index >= 15 is 0 Å². The number of hydrogen-bond acceptors (Lipinski definition) is 5. The number of sulfone groups is 2. The Morgan fingerprint density at radius 2 is 1.28 bits per heavy atom. The molecule has 0 aliphatic heterocycles. The minimum atomic E-state index is -6.62. The first-order chi connectivity index (χ1) is 11.1. The van der Waals surface area contributed by atoms with Crippen LogP contribution < -0.4 is 5.32 Å². The quantitative estimate of drug-likeness (QED) is 0.726. The van der Waals surface area contributed by atoms with Gasteiger partial charge in [-0.25, -0.2) is 16.8 Å². The fraction of sp³-hybridized carbons (Fsp3) is 0.500. The lowest BCUT2D eigenvalue weighted by Gasteiger charge is -2.21. The summed E-state index contributed by atoms with van der Waals surface area (Å²) in [6.45, 7) is 2.21. The highest BCUT2D eigenvalue weighted by atomic mass is 32.3. The van der Waals surface area contributed by atoms with Crippen LogP contribution in [0, 0.1) is 0 Å². The molecule has 0 bridgehead atoms. The Balaban J connectivity index is 3.39. The molecule has 0 amide bonds. The molecule has 0 saturated carbocycles. The number of halogens is 6. The van der Waals surface area contributed by atoms with Gasteiger partial charge in [-0.1, -0.05) is 12.1 Å². The van der Waals surface area contributed by atoms with Gasteiger partial charge in [0.1, 0.15) is 0 Å². The maximum absolute atomic E-state index is 12.6. The lowest BCUT2D eigenvalue weighted by Crippen LogP contribution is -2.46. The number of benzene rings is 1. The fourth-order valence-electron chi connectivity index (χ4n) is 1.84. The second-order valence-corrected chi connectivity index (χ2v) is 9.38. The topological polar surface area (TPSA) is 80.3 Å². The molecule has 13 heteroatoms. The molecule has 1 aromatic carbocycles. The van der Waals surface area contributed by atoms with Crippen molar-refractivity contribution in [3.63, 3.8) is 0 Å². The molecule has 0 aromatic heterocycles. The van der Waals surface area contributed by atoms with Crippen molar-refractivity contribution in [2.75, 3.05) is 11.9 Å². The lowest BCUT2D eigenvalue weighted by molar-refractivity contribution is -0.0471. The molecule has 0 heterocycles. The molecule has 25 heavy (non-hydrogen) atoms. The highest BCUT2D eigenvalue weighted by molar-refractivity contribution is 8.09. The number of nitrogens with one attached hydrogen (secondary N) is 1. The first-order valence-electron chi connectivity index (χ1n) is 6.57. The van der Waals surface area contributed by atoms with E-state index in [0.717, 1.165) is 12.1 Å². The van der Waals surface area contributed by atoms with Crippen LogP contribution in [0.3, 0.4) is 0 Å². The molecular formula is C12H13F6NO4S2. The Hall–Kier alpha value is -1.50. The summed E-state index contributed by atoms with van der Waals surface area (Å²) in [5, 5.41) is 2.80. The third-order valence-electron chi connectivity index (χ3n) is 3.07. The second-order valence-electron chi connectivity index (χ2n) is 4.84. The molecule has 1 rings (SSSR count). The normalized spacial score (nSPS) is 13.9. The highest BCUT2D eigenvalue weighted by Gasteiger charge is 2.62. The molecule has 1 aromatic rings. The van der Waals surface area contributed by atoms with Crippen molar-refractivity contribution >= 4 is 25.4 Å². The van der Waals surface area contributed by atoms with Crippen LogP contribution in [0.5, 0.6) is 0 Å². The molecule has 0 aliphatic carbocycles. The number of rotatable bonds is 6. The SMILES string of the molecule is CCNc1ccc(CC(S(=O)(=O)C(F)(F)F)S(=O)(=O)C(F)(F)F)cc1. The summed E-state index contributed by atoms with van der Waals surface area (Å²) >= 11 is 0. The third kappa shape index (κ3) is 4.57. The molecule has 0 spiro atoms. The predicted molar refractivity (Wildman–Crippen MR) is 78.0 cm³/mol. The van der Waals surface area contributed by atoms with Gasteiger partial charge in [0, 0.05) is 18.7 Å². The molecule has 0 atom stereocenters. The van der Waals surface area contributed by atoms with Crippen LogP contribution in [-0.2, 0) is 26.1 Å². The Bertz CT molecular complexity index is 753. The fourth-order valence-corrected chi connectivity index (χ4v) is 5.25. The molecular weight excluding hydrogens is 400 g/mol. The molecule has 0 radical (unpaired) electrons. The zero-order chi connectivity index (χ0) is 19.7. The van der Waals surface area contributed by atoms with E-state index in [-0.39, 0.29) is 5.56 Å². The largest absolute Gasteiger partial charge is 0.498 e. The maximum atomic E-state index is 12.6. The van der Waals surface area contributed by atoms with Gasteiger partial charge in [-0.3, -0.25) is 0 Å². The van der Waals surface area contributed by atoms with E-state index in [4.69, 9.17) is 0 Å². The summed E-state index contributed by atoms with van der Waals surface area (Å²) < 4.78 is 118. The van der Waals surface area contributed by atoms with Crippen LogP contribution in [0.1, 0.15) is 12.5 Å². The van der Waals surface area contributed by atoms with Gasteiger partial charge in [0.05, 0.1) is 0 Å². The van der Waals surface area contributed by atoms with E-state index in [1.54, 1.807) is 6.92 Å². The summed E-state index contributed by atoms with van der Waals surface area (Å²) in [4.78, 5) is 0. The monoisotopic (exact) mass is 413 g/mol. The summed E-state index contributed by atoms with van der Waals surface area (Å²) in [6, 6.07) is 4.64. The Morgan fingerprint density at radius 1 is 0.880 bits per heavy atom. The minimum Gasteiger partial charge on any atom is -0.385 e. The first-order valence-corrected chi connectivity index (χ1v) is 9.67. The lowest BCUT2D eigenvalue weighted by atomic mass is 10.1. The van der Waals surface area contributed by atoms with E-state index in [0.29, 0.717) is 12.2 Å². The third-order valence-corrected chi connectivity index (χ3v) is 7.60. The summed E-state index contributed by atoms with van der Waals surface area (Å²) in [5.74, 6) is 0. The summed E-state index contributed by atoms with van der Waals surface area (Å²) in [6.07, 6.45) is -1.49. The van der Waals surface area contributed by atoms with Crippen molar-refractivity contribution in [3.05, 3.63) is 29.8 Å². The van der Waals surface area contributed by atoms with Crippen molar-refractivity contribution in [2.45, 2.75) is 28.9 Å². The van der Waals surface area contributed by atoms with Crippen molar-refractivity contribution in [2.24, 2.45) is 0 Å². The van der Waals surface area contributed by atoms with Gasteiger partial charge in [0.15, 0.2) is 4.58 Å². The van der Waals surface area contributed by atoms with Crippen LogP contribution in [0.15, 0.2) is 24.3 Å². The van der Waals surface area contributed by atoms with Gasteiger partial charge in [-0.2, -0.15) is 26.3 Å². The van der Waals surface area contributed by atoms with E-state index in [1.165, 1.54) is 12.1 Å². The first kappa shape index (κ1) is 21.5. The van der Waals surface area contributed by atoms with Crippen molar-refractivity contribution in [3.8, 4) is 0 Å². The molecule has 0 fully saturated rings. The van der Waals surface area contributed by atoms with E-state index in [9.17, 15) is 43.2 Å². The average molecular weight is 413 g/mol. The Labute approximate surface area is 139 Å². The smallest absolute Gasteiger partial charge is 0.385 e. The molecule has 0 aliphatic rings. The summed E-state index contributed by atoms with van der Waals surface area (Å²) in [5.41, 5.74) is -12.1. The van der Waals surface area contributed by atoms with Gasteiger partial charge in [0.2, 0.25) is 0 Å². The zero-order valence-electron chi connectivity index (χ0n) is 12.5. The Morgan fingerprint density at radius 3 is 1.60 bits per heavy atom. The molecule has 144 valence electrons. The number of anilines is 1. The van der Waals surface area contributed by atoms with E-state index in [1.807, 2.05) is 0 Å². The standard InChI is InChI=1S/C12H13F6NO4S2/c1-2-19-9-5-3-8(4-6-9)7-10(24(20,21)11(13,14)15)25(22,23)12(16,17)18/h3-6,10,19H,2,7H2,1H3. The van der Waals surface area contributed by atoms with Gasteiger partial charge >= 0.3 is 11.0 Å². The molecule has 5 nitrogen and oxygen atoms in total. The van der Waals surface area contributed by atoms with Crippen LogP contribution in [0.2, 0.25) is 0 Å².